The van der Waals surface area contributed by atoms with Crippen LogP contribution in [0.4, 0.5) is 5.13 Å². The van der Waals surface area contributed by atoms with E-state index in [1.54, 1.807) is 36.7 Å². The van der Waals surface area contributed by atoms with E-state index in [1.165, 1.54) is 22.7 Å². The zero-order valence-electron chi connectivity index (χ0n) is 13.1. The molecule has 0 spiro atoms. The molecule has 0 bridgehead atoms. The molecule has 7 nitrogen and oxygen atoms in total. The maximum absolute atomic E-state index is 12.0. The molecule has 0 aromatic carbocycles. The van der Waals surface area contributed by atoms with Crippen LogP contribution >= 0.6 is 22.7 Å². The van der Waals surface area contributed by atoms with E-state index in [0.717, 1.165) is 0 Å². The molecule has 0 aliphatic rings. The Labute approximate surface area is 146 Å². The van der Waals surface area contributed by atoms with Crippen LogP contribution in [-0.2, 0) is 16.0 Å². The van der Waals surface area contributed by atoms with Crippen molar-refractivity contribution in [1.82, 2.24) is 10.3 Å². The average molecular weight is 367 g/mol. The fourth-order valence-electron chi connectivity index (χ4n) is 1.91. The van der Waals surface area contributed by atoms with Gasteiger partial charge in [0.1, 0.15) is 6.04 Å². The highest BCUT2D eigenvalue weighted by Crippen LogP contribution is 2.18. The molecule has 2 aromatic heterocycles. The Kier molecular flexibility index (Phi) is 6.04. The van der Waals surface area contributed by atoms with E-state index in [2.05, 4.69) is 15.6 Å². The number of amides is 2. The van der Waals surface area contributed by atoms with Crippen molar-refractivity contribution in [2.75, 3.05) is 5.32 Å². The van der Waals surface area contributed by atoms with Gasteiger partial charge in [0.2, 0.25) is 5.91 Å². The van der Waals surface area contributed by atoms with E-state index in [1.807, 2.05) is 0 Å². The molecule has 2 aromatic rings. The first-order valence-corrected chi connectivity index (χ1v) is 8.94. The Morgan fingerprint density at radius 1 is 1.29 bits per heavy atom. The Hall–Kier alpha value is -2.26. The van der Waals surface area contributed by atoms with E-state index >= 15 is 0 Å². The lowest BCUT2D eigenvalue weighted by atomic mass is 10.0. The quantitative estimate of drug-likeness (QED) is 0.695. The summed E-state index contributed by atoms with van der Waals surface area (Å²) in [7, 11) is 0. The third kappa shape index (κ3) is 4.87. The number of hydrogen-bond donors (Lipinski definition) is 3. The average Bonchev–Trinajstić information content (AvgIpc) is 3.16. The predicted molar refractivity (Wildman–Crippen MR) is 92.5 cm³/mol. The summed E-state index contributed by atoms with van der Waals surface area (Å²) in [5.74, 6) is -1.96. The Morgan fingerprint density at radius 3 is 2.62 bits per heavy atom. The van der Waals surface area contributed by atoms with Crippen molar-refractivity contribution >= 4 is 45.6 Å². The summed E-state index contributed by atoms with van der Waals surface area (Å²) in [5.41, 5.74) is 0.479. The highest BCUT2D eigenvalue weighted by Gasteiger charge is 2.23. The first kappa shape index (κ1) is 18.1. The SMILES string of the molecule is CC(C)[C@@H](NC(=O)Cc1csc(NC(=O)c2cccs2)n1)C(=O)O. The first-order chi connectivity index (χ1) is 11.4. The maximum Gasteiger partial charge on any atom is 0.326 e. The summed E-state index contributed by atoms with van der Waals surface area (Å²) in [4.78, 5) is 39.7. The molecule has 3 N–H and O–H groups in total. The minimum Gasteiger partial charge on any atom is -0.480 e. The van der Waals surface area contributed by atoms with Crippen molar-refractivity contribution in [2.24, 2.45) is 5.92 Å². The smallest absolute Gasteiger partial charge is 0.326 e. The molecule has 0 unspecified atom stereocenters. The first-order valence-electron chi connectivity index (χ1n) is 7.18. The summed E-state index contributed by atoms with van der Waals surface area (Å²) >= 11 is 2.54. The molecule has 9 heteroatoms. The van der Waals surface area contributed by atoms with Gasteiger partial charge < -0.3 is 10.4 Å². The number of carboxylic acids is 1. The molecule has 1 atom stereocenters. The van der Waals surface area contributed by atoms with Crippen LogP contribution in [0.15, 0.2) is 22.9 Å². The molecule has 24 heavy (non-hydrogen) atoms. The standard InChI is InChI=1S/C15H17N3O4S2/c1-8(2)12(14(21)22)17-11(19)6-9-7-24-15(16-9)18-13(20)10-4-3-5-23-10/h3-5,7-8,12H,6H2,1-2H3,(H,17,19)(H,21,22)(H,16,18,20)/t12-/m1/s1. The van der Waals surface area contributed by atoms with E-state index in [4.69, 9.17) is 5.11 Å². The third-order valence-electron chi connectivity index (χ3n) is 3.11. The number of aromatic nitrogens is 1. The number of carbonyl (C=O) groups is 3. The van der Waals surface area contributed by atoms with Gasteiger partial charge in [0.15, 0.2) is 5.13 Å². The Bertz CT molecular complexity index is 725. The van der Waals surface area contributed by atoms with Crippen LogP contribution in [0.2, 0.25) is 0 Å². The second-order valence-electron chi connectivity index (χ2n) is 5.38. The number of thiazole rings is 1. The number of aliphatic carboxylic acids is 1. The van der Waals surface area contributed by atoms with Gasteiger partial charge in [-0.3, -0.25) is 14.9 Å². The molecular formula is C15H17N3O4S2. The highest BCUT2D eigenvalue weighted by atomic mass is 32.1. The van der Waals surface area contributed by atoms with Crippen molar-refractivity contribution in [3.63, 3.8) is 0 Å². The van der Waals surface area contributed by atoms with Gasteiger partial charge in [0.05, 0.1) is 17.0 Å². The summed E-state index contributed by atoms with van der Waals surface area (Å²) in [5, 5.41) is 18.1. The van der Waals surface area contributed by atoms with Gasteiger partial charge in [-0.2, -0.15) is 0 Å². The second kappa shape index (κ2) is 8.02. The molecule has 2 rings (SSSR count). The predicted octanol–water partition coefficient (Wildman–Crippen LogP) is 2.22. The van der Waals surface area contributed by atoms with Crippen LogP contribution in [0.1, 0.15) is 29.2 Å². The minimum atomic E-state index is -1.07. The number of carboxylic acid groups (broad SMARTS) is 1. The number of nitrogens with zero attached hydrogens (tertiary/aromatic N) is 1. The molecule has 0 aliphatic heterocycles. The number of thiophene rings is 1. The van der Waals surface area contributed by atoms with Crippen LogP contribution < -0.4 is 10.6 Å². The van der Waals surface area contributed by atoms with Gasteiger partial charge in [-0.1, -0.05) is 19.9 Å². The zero-order valence-corrected chi connectivity index (χ0v) is 14.7. The van der Waals surface area contributed by atoms with Gasteiger partial charge >= 0.3 is 5.97 Å². The lowest BCUT2D eigenvalue weighted by Crippen LogP contribution is -2.44. The van der Waals surface area contributed by atoms with Crippen LogP contribution in [0.25, 0.3) is 0 Å². The van der Waals surface area contributed by atoms with Crippen molar-refractivity contribution in [3.8, 4) is 0 Å². The number of nitrogens with one attached hydrogen (secondary N) is 2. The molecule has 2 amide bonds. The lowest BCUT2D eigenvalue weighted by molar-refractivity contribution is -0.143. The summed E-state index contributed by atoms with van der Waals surface area (Å²) in [6.07, 6.45) is -0.0398. The summed E-state index contributed by atoms with van der Waals surface area (Å²) < 4.78 is 0. The number of carbonyl (C=O) groups excluding carboxylic acids is 2. The van der Waals surface area contributed by atoms with Crippen molar-refractivity contribution in [2.45, 2.75) is 26.3 Å². The fraction of sp³-hybridized carbons (Fsp3) is 0.333. The number of rotatable bonds is 7. The van der Waals surface area contributed by atoms with Crippen LogP contribution in [0, 0.1) is 5.92 Å². The van der Waals surface area contributed by atoms with Crippen molar-refractivity contribution in [1.29, 1.82) is 0 Å². The Morgan fingerprint density at radius 2 is 2.04 bits per heavy atom. The van der Waals surface area contributed by atoms with Crippen LogP contribution in [0.5, 0.6) is 0 Å². The van der Waals surface area contributed by atoms with Crippen LogP contribution in [0.3, 0.4) is 0 Å². The second-order valence-corrected chi connectivity index (χ2v) is 7.19. The molecule has 0 saturated heterocycles. The lowest BCUT2D eigenvalue weighted by Gasteiger charge is -2.17. The van der Waals surface area contributed by atoms with E-state index in [0.29, 0.717) is 15.7 Å². The molecular weight excluding hydrogens is 350 g/mol. The third-order valence-corrected chi connectivity index (χ3v) is 4.78. The maximum atomic E-state index is 12.0. The molecule has 0 radical (unpaired) electrons. The van der Waals surface area contributed by atoms with Crippen LogP contribution in [-0.4, -0.2) is 33.9 Å². The topological polar surface area (TPSA) is 108 Å². The Balaban J connectivity index is 1.92. The van der Waals surface area contributed by atoms with E-state index in [-0.39, 0.29) is 18.2 Å². The van der Waals surface area contributed by atoms with Gasteiger partial charge in [0, 0.05) is 5.38 Å². The normalized spacial score (nSPS) is 12.0. The van der Waals surface area contributed by atoms with Gasteiger partial charge in [-0.25, -0.2) is 9.78 Å². The van der Waals surface area contributed by atoms with Gasteiger partial charge in [-0.05, 0) is 17.4 Å². The minimum absolute atomic E-state index is 0.0398. The van der Waals surface area contributed by atoms with Gasteiger partial charge in [0.25, 0.3) is 5.91 Å². The van der Waals surface area contributed by atoms with Crippen molar-refractivity contribution < 1.29 is 19.5 Å². The van der Waals surface area contributed by atoms with E-state index < -0.39 is 17.9 Å². The number of hydrogen-bond acceptors (Lipinski definition) is 6. The fourth-order valence-corrected chi connectivity index (χ4v) is 3.24. The van der Waals surface area contributed by atoms with Crippen molar-refractivity contribution in [3.05, 3.63) is 33.5 Å². The molecule has 128 valence electrons. The highest BCUT2D eigenvalue weighted by molar-refractivity contribution is 7.14. The summed E-state index contributed by atoms with van der Waals surface area (Å²) in [6.45, 7) is 3.44. The largest absolute Gasteiger partial charge is 0.480 e. The van der Waals surface area contributed by atoms with Gasteiger partial charge in [-0.15, -0.1) is 22.7 Å². The zero-order chi connectivity index (χ0) is 17.7. The molecule has 0 fully saturated rings. The molecule has 0 aliphatic carbocycles. The van der Waals surface area contributed by atoms with E-state index in [9.17, 15) is 14.4 Å². The molecule has 2 heterocycles. The molecule has 0 saturated carbocycles. The monoisotopic (exact) mass is 367 g/mol. The summed E-state index contributed by atoms with van der Waals surface area (Å²) in [6, 6.07) is 2.55. The number of anilines is 1.